The number of carboxylic acids is 1. The van der Waals surface area contributed by atoms with Crippen molar-refractivity contribution in [2.75, 3.05) is 11.5 Å². The predicted molar refractivity (Wildman–Crippen MR) is 103 cm³/mol. The maximum atomic E-state index is 12.5. The number of hydrogen-bond donors (Lipinski definition) is 4. The Labute approximate surface area is 187 Å². The van der Waals surface area contributed by atoms with Gasteiger partial charge >= 0.3 is 5.97 Å². The number of carbonyl (C=O) groups is 2. The number of fused-ring (bicyclic) bond motifs is 1. The first-order valence-electron chi connectivity index (χ1n) is 8.35. The summed E-state index contributed by atoms with van der Waals surface area (Å²) in [5.74, 6) is -0.960. The van der Waals surface area contributed by atoms with Crippen molar-refractivity contribution in [1.29, 1.82) is 0 Å². The van der Waals surface area contributed by atoms with E-state index in [-0.39, 0.29) is 58.6 Å². The van der Waals surface area contributed by atoms with Crippen LogP contribution in [0.5, 0.6) is 0 Å². The maximum Gasteiger partial charge on any atom is 0.335 e. The molecule has 0 saturated heterocycles. The summed E-state index contributed by atoms with van der Waals surface area (Å²) in [6.45, 7) is 2.67. The summed E-state index contributed by atoms with van der Waals surface area (Å²) in [6, 6.07) is 4.88. The molecule has 3 rings (SSSR count). The van der Waals surface area contributed by atoms with Gasteiger partial charge in [-0.15, -0.1) is 0 Å². The van der Waals surface area contributed by atoms with Gasteiger partial charge in [0.25, 0.3) is 11.7 Å². The Hall–Kier alpha value is -2.67. The molecule has 2 aromatic heterocycles. The molecule has 2 heterocycles. The Morgan fingerprint density at radius 2 is 1.97 bits per heavy atom. The number of carbonyl (C=O) groups excluding carboxylic acids is 1. The molecule has 1 amide bonds. The van der Waals surface area contributed by atoms with Crippen molar-refractivity contribution < 1.29 is 43.2 Å². The molecule has 0 unspecified atom stereocenters. The fourth-order valence-electron chi connectivity index (χ4n) is 3.03. The lowest BCUT2D eigenvalue weighted by molar-refractivity contribution is -0.654. The number of aromatic carboxylic acids is 1. The number of benzene rings is 1. The van der Waals surface area contributed by atoms with Gasteiger partial charge in [-0.1, -0.05) is 11.6 Å². The van der Waals surface area contributed by atoms with Crippen LogP contribution in [0.2, 0.25) is 5.15 Å². The molecule has 0 aliphatic rings. The van der Waals surface area contributed by atoms with Crippen LogP contribution in [-0.4, -0.2) is 31.5 Å². The smallest absolute Gasteiger partial charge is 0.335 e. The van der Waals surface area contributed by atoms with E-state index in [1.54, 1.807) is 18.2 Å². The van der Waals surface area contributed by atoms with Crippen LogP contribution in [-0.2, 0) is 20.1 Å². The second kappa shape index (κ2) is 8.78. The Kier molecular flexibility index (Phi) is 6.85. The summed E-state index contributed by atoms with van der Waals surface area (Å²) in [5, 5.41) is 11.9. The number of nitrogen functional groups attached to an aromatic ring is 2. The first kappa shape index (κ1) is 22.6. The Morgan fingerprint density at radius 1 is 1.28 bits per heavy atom. The highest BCUT2D eigenvalue weighted by molar-refractivity contribution is 6.31. The van der Waals surface area contributed by atoms with Crippen molar-refractivity contribution in [2.45, 2.75) is 20.0 Å². The van der Waals surface area contributed by atoms with Gasteiger partial charge in [0, 0.05) is 6.07 Å². The predicted octanol–water partition coefficient (Wildman–Crippen LogP) is -2.27. The highest BCUT2D eigenvalue weighted by atomic mass is 127. The van der Waals surface area contributed by atoms with E-state index in [4.69, 9.17) is 23.1 Å². The molecule has 0 aliphatic heterocycles. The van der Waals surface area contributed by atoms with Crippen molar-refractivity contribution >= 4 is 46.1 Å². The van der Waals surface area contributed by atoms with Crippen molar-refractivity contribution in [1.82, 2.24) is 19.9 Å². The molecule has 154 valence electrons. The molecule has 0 bridgehead atoms. The monoisotopic (exact) mass is 531 g/mol. The topological polar surface area (TPSA) is 153 Å². The summed E-state index contributed by atoms with van der Waals surface area (Å²) in [4.78, 5) is 31.4. The molecule has 0 saturated carbocycles. The zero-order chi connectivity index (χ0) is 20.6. The number of hydrogen-bond acceptors (Lipinski definition) is 6. The van der Waals surface area contributed by atoms with E-state index in [0.29, 0.717) is 6.54 Å². The first-order chi connectivity index (χ1) is 13.2. The fraction of sp³-hybridized carbons (Fsp3) is 0.235. The van der Waals surface area contributed by atoms with Crippen molar-refractivity contribution in [3.8, 4) is 0 Å². The highest BCUT2D eigenvalue weighted by Crippen LogP contribution is 2.19. The molecule has 1 aromatic carbocycles. The summed E-state index contributed by atoms with van der Waals surface area (Å²) in [6.07, 6.45) is 0. The van der Waals surface area contributed by atoms with Crippen LogP contribution < -0.4 is 45.3 Å². The molecule has 0 fully saturated rings. The number of nitrogens with zero attached hydrogens (tertiary/aromatic N) is 4. The second-order valence-electron chi connectivity index (χ2n) is 6.04. The van der Waals surface area contributed by atoms with Crippen LogP contribution in [0.4, 0.5) is 11.6 Å². The maximum absolute atomic E-state index is 12.5. The van der Waals surface area contributed by atoms with E-state index in [2.05, 4.69) is 15.3 Å². The van der Waals surface area contributed by atoms with Crippen LogP contribution in [0.15, 0.2) is 18.2 Å². The zero-order valence-corrected chi connectivity index (χ0v) is 18.5. The lowest BCUT2D eigenvalue weighted by atomic mass is 10.2. The molecule has 0 aliphatic carbocycles. The van der Waals surface area contributed by atoms with Gasteiger partial charge in [0.05, 0.1) is 19.2 Å². The van der Waals surface area contributed by atoms with E-state index < -0.39 is 11.9 Å². The number of carboxylic acid groups (broad SMARTS) is 1. The number of imidazole rings is 1. The molecule has 0 radical (unpaired) electrons. The van der Waals surface area contributed by atoms with E-state index in [1.807, 2.05) is 23.1 Å². The minimum absolute atomic E-state index is 0. The molecule has 0 spiro atoms. The number of nitrogens with one attached hydrogen (secondary N) is 1. The molecule has 0 atom stereocenters. The Morgan fingerprint density at radius 3 is 2.59 bits per heavy atom. The van der Waals surface area contributed by atoms with Crippen molar-refractivity contribution in [3.63, 3.8) is 0 Å². The van der Waals surface area contributed by atoms with Gasteiger partial charge in [0.15, 0.2) is 33.5 Å². The summed E-state index contributed by atoms with van der Waals surface area (Å²) in [7, 11) is 1.84. The number of nitrogens with two attached hydrogens (primary N) is 2. The van der Waals surface area contributed by atoms with Crippen molar-refractivity contribution in [3.05, 3.63) is 40.4 Å². The molecule has 10 nitrogen and oxygen atoms in total. The van der Waals surface area contributed by atoms with Gasteiger partial charge in [0.1, 0.15) is 6.54 Å². The number of anilines is 2. The van der Waals surface area contributed by atoms with Crippen LogP contribution in [0.25, 0.3) is 11.0 Å². The Balaban J connectivity index is 0.00000300. The zero-order valence-electron chi connectivity index (χ0n) is 15.6. The minimum atomic E-state index is -1.00. The molecule has 3 aromatic rings. The third-order valence-corrected chi connectivity index (χ3v) is 4.69. The van der Waals surface area contributed by atoms with E-state index in [1.165, 1.54) is 0 Å². The van der Waals surface area contributed by atoms with Crippen LogP contribution in [0, 0.1) is 0 Å². The molecule has 29 heavy (non-hydrogen) atoms. The first-order valence-corrected chi connectivity index (χ1v) is 8.73. The third-order valence-electron chi connectivity index (χ3n) is 4.42. The normalized spacial score (nSPS) is 10.6. The number of halogens is 2. The number of aromatic nitrogens is 4. The quantitative estimate of drug-likeness (QED) is 0.214. The molecule has 6 N–H and O–H groups in total. The number of amides is 1. The average molecular weight is 532 g/mol. The van der Waals surface area contributed by atoms with Crippen molar-refractivity contribution in [2.24, 2.45) is 7.05 Å². The van der Waals surface area contributed by atoms with Gasteiger partial charge in [-0.25, -0.2) is 23.9 Å². The van der Waals surface area contributed by atoms with Gasteiger partial charge in [-0.05, 0) is 19.1 Å². The third kappa shape index (κ3) is 4.19. The lowest BCUT2D eigenvalue weighted by Gasteiger charge is -2.07. The molecule has 12 heteroatoms. The highest BCUT2D eigenvalue weighted by Gasteiger charge is 2.24. The number of aryl methyl sites for hydroxylation is 2. The number of rotatable bonds is 5. The van der Waals surface area contributed by atoms with E-state index in [9.17, 15) is 14.7 Å². The van der Waals surface area contributed by atoms with E-state index >= 15 is 0 Å². The Bertz CT molecular complexity index is 1120. The SMILES string of the molecule is CCn1c(CNC(=O)c2nc(Cl)c(N)nc2N)[n+](C)c2ccc(C(=O)O)cc21.[I-]. The lowest BCUT2D eigenvalue weighted by Crippen LogP contribution is -3.00. The van der Waals surface area contributed by atoms with Gasteiger partial charge in [-0.2, -0.15) is 0 Å². The standard InChI is InChI=1S/C17H18ClN7O3.HI/c1-3-25-10-6-8(17(27)28)4-5-9(10)24(2)11(25)7-21-16(26)12-14(19)23-15(20)13(18)22-12;/h4-6H,3,7H2,1-2H3,(H5-,19,20,21,23,26,27,28);1H. The summed E-state index contributed by atoms with van der Waals surface area (Å²) >= 11 is 5.82. The van der Waals surface area contributed by atoms with Crippen LogP contribution in [0.3, 0.4) is 0 Å². The summed E-state index contributed by atoms with van der Waals surface area (Å²) < 4.78 is 3.81. The second-order valence-corrected chi connectivity index (χ2v) is 6.40. The van der Waals surface area contributed by atoms with Gasteiger partial charge < -0.3 is 45.9 Å². The average Bonchev–Trinajstić information content (AvgIpc) is 2.93. The largest absolute Gasteiger partial charge is 1.00 e. The minimum Gasteiger partial charge on any atom is -1.00 e. The fourth-order valence-corrected chi connectivity index (χ4v) is 3.16. The van der Waals surface area contributed by atoms with Crippen LogP contribution >= 0.6 is 11.6 Å². The van der Waals surface area contributed by atoms with Gasteiger partial charge in [0.2, 0.25) is 0 Å². The van der Waals surface area contributed by atoms with E-state index in [0.717, 1.165) is 16.9 Å². The molecular formula is C17H19ClIN7O3. The summed E-state index contributed by atoms with van der Waals surface area (Å²) in [5.41, 5.74) is 12.9. The van der Waals surface area contributed by atoms with Gasteiger partial charge in [-0.3, -0.25) is 4.79 Å². The molecular weight excluding hydrogens is 513 g/mol. The van der Waals surface area contributed by atoms with Crippen LogP contribution in [0.1, 0.15) is 33.6 Å².